The number of thiophene rings is 1. The summed E-state index contributed by atoms with van der Waals surface area (Å²) in [6.07, 6.45) is 3.47. The van der Waals surface area contributed by atoms with E-state index in [-0.39, 0.29) is 6.61 Å². The van der Waals surface area contributed by atoms with Gasteiger partial charge < -0.3 is 14.6 Å². The summed E-state index contributed by atoms with van der Waals surface area (Å²) in [4.78, 5) is 4.78. The van der Waals surface area contributed by atoms with Gasteiger partial charge in [0.15, 0.2) is 11.5 Å². The molecule has 0 spiro atoms. The molecule has 5 nitrogen and oxygen atoms in total. The van der Waals surface area contributed by atoms with E-state index in [4.69, 9.17) is 9.47 Å². The van der Waals surface area contributed by atoms with Crippen LogP contribution in [0.1, 0.15) is 18.1 Å². The van der Waals surface area contributed by atoms with Crippen LogP contribution in [0.4, 0.5) is 0 Å². The zero-order chi connectivity index (χ0) is 19.8. The van der Waals surface area contributed by atoms with E-state index in [2.05, 4.69) is 26.6 Å². The molecule has 1 aromatic heterocycles. The zero-order valence-corrected chi connectivity index (χ0v) is 17.5. The number of β-amino-alcohol motifs (C(OH)–C–C–N with tert-alkyl or cyclic N) is 1. The van der Waals surface area contributed by atoms with Crippen LogP contribution < -0.4 is 9.47 Å². The van der Waals surface area contributed by atoms with Crippen molar-refractivity contribution in [3.63, 3.8) is 0 Å². The average molecular weight is 403 g/mol. The predicted molar refractivity (Wildman–Crippen MR) is 115 cm³/mol. The molecule has 1 atom stereocenters. The summed E-state index contributed by atoms with van der Waals surface area (Å²) in [5.41, 5.74) is 2.45. The van der Waals surface area contributed by atoms with Gasteiger partial charge in [0.25, 0.3) is 0 Å². The van der Waals surface area contributed by atoms with E-state index in [1.165, 1.54) is 5.56 Å². The average Bonchev–Trinajstić information content (AvgIpc) is 3.21. The minimum atomic E-state index is -0.525. The van der Waals surface area contributed by atoms with Crippen molar-refractivity contribution in [3.8, 4) is 11.5 Å². The fourth-order valence-corrected chi connectivity index (χ4v) is 4.07. The van der Waals surface area contributed by atoms with Gasteiger partial charge in [0.2, 0.25) is 0 Å². The second kappa shape index (κ2) is 10.6. The van der Waals surface area contributed by atoms with Crippen molar-refractivity contribution in [3.05, 3.63) is 52.2 Å². The number of methoxy groups -OCH3 is 1. The van der Waals surface area contributed by atoms with E-state index in [0.717, 1.165) is 38.3 Å². The molecule has 28 heavy (non-hydrogen) atoms. The van der Waals surface area contributed by atoms with Gasteiger partial charge in [-0.25, -0.2) is 0 Å². The Kier molecular flexibility index (Phi) is 7.91. The predicted octanol–water partition coefficient (Wildman–Crippen LogP) is 3.35. The maximum Gasteiger partial charge on any atom is 0.161 e. The number of benzene rings is 1. The third kappa shape index (κ3) is 6.07. The fraction of sp³-hybridized carbons (Fsp3) is 0.455. The number of allylic oxidation sites excluding steroid dienone is 1. The molecule has 0 bridgehead atoms. The Morgan fingerprint density at radius 2 is 1.93 bits per heavy atom. The van der Waals surface area contributed by atoms with E-state index in [0.29, 0.717) is 18.0 Å². The molecule has 1 N–H and O–H groups in total. The first-order valence-corrected chi connectivity index (χ1v) is 10.7. The molecule has 2 heterocycles. The first-order valence-electron chi connectivity index (χ1n) is 9.75. The SMILES string of the molecule is C/C=C/c1ccc(OCC(O)CN2CCN(Cc3ccsc3)CC2)c(OC)c1. The summed E-state index contributed by atoms with van der Waals surface area (Å²) in [7, 11) is 1.63. The first-order chi connectivity index (χ1) is 13.7. The number of hydrogen-bond acceptors (Lipinski definition) is 6. The van der Waals surface area contributed by atoms with Crippen LogP contribution in [0.2, 0.25) is 0 Å². The summed E-state index contributed by atoms with van der Waals surface area (Å²) in [5, 5.41) is 14.8. The highest BCUT2D eigenvalue weighted by atomic mass is 32.1. The van der Waals surface area contributed by atoms with Gasteiger partial charge in [0, 0.05) is 39.3 Å². The molecule has 152 valence electrons. The standard InChI is InChI=1S/C22H30N2O3S/c1-3-4-18-5-6-21(22(13-18)26-2)27-16-20(25)15-24-10-8-23(9-11-24)14-19-7-12-28-17-19/h3-7,12-13,17,20,25H,8-11,14-16H2,1-2H3/b4-3+. The maximum absolute atomic E-state index is 10.4. The van der Waals surface area contributed by atoms with Gasteiger partial charge in [-0.3, -0.25) is 9.80 Å². The third-order valence-electron chi connectivity index (χ3n) is 4.90. The van der Waals surface area contributed by atoms with Gasteiger partial charge in [0.05, 0.1) is 7.11 Å². The minimum Gasteiger partial charge on any atom is -0.493 e. The highest BCUT2D eigenvalue weighted by Crippen LogP contribution is 2.28. The number of aliphatic hydroxyl groups excluding tert-OH is 1. The van der Waals surface area contributed by atoms with Crippen molar-refractivity contribution in [1.82, 2.24) is 9.80 Å². The lowest BCUT2D eigenvalue weighted by Crippen LogP contribution is -2.48. The number of hydrogen-bond donors (Lipinski definition) is 1. The number of aliphatic hydroxyl groups is 1. The van der Waals surface area contributed by atoms with Crippen molar-refractivity contribution >= 4 is 17.4 Å². The normalized spacial score (nSPS) is 17.1. The molecule has 0 aliphatic carbocycles. The topological polar surface area (TPSA) is 45.2 Å². The number of rotatable bonds is 9. The molecule has 1 aliphatic rings. The van der Waals surface area contributed by atoms with Gasteiger partial charge >= 0.3 is 0 Å². The number of ether oxygens (including phenoxy) is 2. The van der Waals surface area contributed by atoms with E-state index >= 15 is 0 Å². The largest absolute Gasteiger partial charge is 0.493 e. The Labute approximate surface area is 171 Å². The Balaban J connectivity index is 1.42. The molecule has 6 heteroatoms. The van der Waals surface area contributed by atoms with Crippen LogP contribution in [0.25, 0.3) is 6.08 Å². The second-order valence-corrected chi connectivity index (χ2v) is 7.86. The Morgan fingerprint density at radius 1 is 1.14 bits per heavy atom. The van der Waals surface area contributed by atoms with Gasteiger partial charge in [-0.15, -0.1) is 0 Å². The fourth-order valence-electron chi connectivity index (χ4n) is 3.41. The summed E-state index contributed by atoms with van der Waals surface area (Å²) >= 11 is 1.75. The van der Waals surface area contributed by atoms with Gasteiger partial charge in [-0.1, -0.05) is 18.2 Å². The number of piperazine rings is 1. The van der Waals surface area contributed by atoms with Crippen LogP contribution in [0.3, 0.4) is 0 Å². The molecule has 1 saturated heterocycles. The minimum absolute atomic E-state index is 0.258. The molecular formula is C22H30N2O3S. The zero-order valence-electron chi connectivity index (χ0n) is 16.7. The lowest BCUT2D eigenvalue weighted by Gasteiger charge is -2.35. The molecule has 1 unspecified atom stereocenters. The van der Waals surface area contributed by atoms with E-state index in [1.54, 1.807) is 18.4 Å². The van der Waals surface area contributed by atoms with Crippen molar-refractivity contribution in [2.45, 2.75) is 19.6 Å². The molecule has 0 saturated carbocycles. The molecule has 1 aliphatic heterocycles. The summed E-state index contributed by atoms with van der Waals surface area (Å²) in [6.45, 7) is 7.90. The van der Waals surface area contributed by atoms with Crippen LogP contribution in [-0.2, 0) is 6.54 Å². The summed E-state index contributed by atoms with van der Waals surface area (Å²) < 4.78 is 11.2. The van der Waals surface area contributed by atoms with E-state index < -0.39 is 6.10 Å². The summed E-state index contributed by atoms with van der Waals surface area (Å²) in [5.74, 6) is 1.35. The lowest BCUT2D eigenvalue weighted by atomic mass is 10.2. The molecule has 0 radical (unpaired) electrons. The first kappa shape index (κ1) is 20.9. The van der Waals surface area contributed by atoms with Crippen LogP contribution in [0.5, 0.6) is 11.5 Å². The molecule has 1 fully saturated rings. The molecule has 3 rings (SSSR count). The smallest absolute Gasteiger partial charge is 0.161 e. The van der Waals surface area contributed by atoms with Crippen LogP contribution >= 0.6 is 11.3 Å². The number of nitrogens with zero attached hydrogens (tertiary/aromatic N) is 2. The highest BCUT2D eigenvalue weighted by Gasteiger charge is 2.20. The molecule has 1 aromatic carbocycles. The van der Waals surface area contributed by atoms with Crippen molar-refractivity contribution in [2.75, 3.05) is 46.4 Å². The van der Waals surface area contributed by atoms with Gasteiger partial charge in [0.1, 0.15) is 12.7 Å². The Bertz CT molecular complexity index is 740. The molecule has 2 aromatic rings. The second-order valence-electron chi connectivity index (χ2n) is 7.08. The van der Waals surface area contributed by atoms with Crippen molar-refractivity contribution < 1.29 is 14.6 Å². The third-order valence-corrected chi connectivity index (χ3v) is 5.63. The molecule has 0 amide bonds. The molecular weight excluding hydrogens is 372 g/mol. The van der Waals surface area contributed by atoms with Gasteiger partial charge in [-0.05, 0) is 47.0 Å². The van der Waals surface area contributed by atoms with Crippen LogP contribution in [-0.4, -0.2) is 67.5 Å². The van der Waals surface area contributed by atoms with Crippen molar-refractivity contribution in [1.29, 1.82) is 0 Å². The van der Waals surface area contributed by atoms with Crippen molar-refractivity contribution in [2.24, 2.45) is 0 Å². The van der Waals surface area contributed by atoms with Crippen LogP contribution in [0, 0.1) is 0 Å². The van der Waals surface area contributed by atoms with E-state index in [9.17, 15) is 5.11 Å². The lowest BCUT2D eigenvalue weighted by molar-refractivity contribution is 0.0440. The Hall–Kier alpha value is -1.86. The quantitative estimate of drug-likeness (QED) is 0.697. The Morgan fingerprint density at radius 3 is 2.61 bits per heavy atom. The van der Waals surface area contributed by atoms with Crippen LogP contribution in [0.15, 0.2) is 41.1 Å². The maximum atomic E-state index is 10.4. The monoisotopic (exact) mass is 402 g/mol. The highest BCUT2D eigenvalue weighted by molar-refractivity contribution is 7.07. The van der Waals surface area contributed by atoms with E-state index in [1.807, 2.05) is 37.3 Å². The summed E-state index contributed by atoms with van der Waals surface area (Å²) in [6, 6.07) is 8.01. The van der Waals surface area contributed by atoms with Gasteiger partial charge in [-0.2, -0.15) is 11.3 Å².